The number of hydrogen-bond acceptors (Lipinski definition) is 1. The monoisotopic (exact) mass is 301 g/mol. The van der Waals surface area contributed by atoms with Gasteiger partial charge in [-0.3, -0.25) is 0 Å². The first-order valence-electron chi connectivity index (χ1n) is 8.10. The topological polar surface area (TPSA) is 16.8 Å². The summed E-state index contributed by atoms with van der Waals surface area (Å²) < 4.78 is 2.32. The zero-order valence-corrected chi connectivity index (χ0v) is 14.1. The highest BCUT2D eigenvalue weighted by atomic mass is 15.0. The van der Waals surface area contributed by atoms with E-state index in [9.17, 15) is 0 Å². The van der Waals surface area contributed by atoms with Crippen LogP contribution in [0.1, 0.15) is 27.9 Å². The molecule has 2 nitrogen and oxygen atoms in total. The Balaban J connectivity index is 1.91. The molecule has 2 aromatic carbocycles. The summed E-state index contributed by atoms with van der Waals surface area (Å²) in [5.41, 5.74) is 11.5. The largest absolute Gasteiger partial charge is 0.243 e. The maximum atomic E-state index is 4.83. The molecule has 0 saturated heterocycles. The van der Waals surface area contributed by atoms with Crippen LogP contribution in [0.4, 0.5) is 0 Å². The number of fused-ring (bicyclic) bond motifs is 3. The molecule has 0 amide bonds. The Morgan fingerprint density at radius 3 is 2.39 bits per heavy atom. The van der Waals surface area contributed by atoms with Crippen molar-refractivity contribution in [2.24, 2.45) is 7.05 Å². The van der Waals surface area contributed by atoms with Gasteiger partial charge in [-0.15, -0.1) is 0 Å². The van der Waals surface area contributed by atoms with Gasteiger partial charge in [0.2, 0.25) is 11.4 Å². The first-order chi connectivity index (χ1) is 11.0. The van der Waals surface area contributed by atoms with Crippen LogP contribution < -0.4 is 4.57 Å². The Morgan fingerprint density at radius 2 is 1.61 bits per heavy atom. The van der Waals surface area contributed by atoms with Crippen LogP contribution in [0, 0.1) is 20.8 Å². The number of aromatic nitrogens is 2. The molecule has 0 spiro atoms. The predicted molar refractivity (Wildman–Crippen MR) is 93.3 cm³/mol. The van der Waals surface area contributed by atoms with Gasteiger partial charge in [-0.25, -0.2) is 4.98 Å². The maximum absolute atomic E-state index is 4.83. The lowest BCUT2D eigenvalue weighted by Gasteiger charge is -2.08. The van der Waals surface area contributed by atoms with E-state index in [1.165, 1.54) is 44.8 Å². The summed E-state index contributed by atoms with van der Waals surface area (Å²) in [5.74, 6) is 0. The van der Waals surface area contributed by atoms with Crippen LogP contribution in [0.3, 0.4) is 0 Å². The van der Waals surface area contributed by atoms with Gasteiger partial charge in [0.25, 0.3) is 0 Å². The van der Waals surface area contributed by atoms with E-state index in [1.807, 2.05) is 6.20 Å². The summed E-state index contributed by atoms with van der Waals surface area (Å²) in [4.78, 5) is 4.83. The SMILES string of the molecule is Cc1ccc(C)c(-c2cnc3c([n+]2C)Cc2ccc(C)cc2-3)c1. The molecule has 1 heterocycles. The van der Waals surface area contributed by atoms with E-state index in [2.05, 4.69) is 68.8 Å². The molecule has 0 saturated carbocycles. The van der Waals surface area contributed by atoms with Gasteiger partial charge in [-0.05, 0) is 44.0 Å². The Kier molecular flexibility index (Phi) is 3.08. The van der Waals surface area contributed by atoms with Gasteiger partial charge in [-0.2, -0.15) is 4.57 Å². The molecule has 0 atom stereocenters. The predicted octanol–water partition coefficient (Wildman–Crippen LogP) is 4.07. The van der Waals surface area contributed by atoms with E-state index >= 15 is 0 Å². The minimum atomic E-state index is 0.965. The summed E-state index contributed by atoms with van der Waals surface area (Å²) in [5, 5.41) is 0. The van der Waals surface area contributed by atoms with Gasteiger partial charge in [0.05, 0.1) is 12.0 Å². The second-order valence-electron chi connectivity index (χ2n) is 6.65. The molecule has 0 fully saturated rings. The van der Waals surface area contributed by atoms with E-state index in [-0.39, 0.29) is 0 Å². The average Bonchev–Trinajstić information content (AvgIpc) is 2.89. The summed E-state index contributed by atoms with van der Waals surface area (Å²) in [7, 11) is 2.16. The van der Waals surface area contributed by atoms with Crippen molar-refractivity contribution in [1.82, 2.24) is 4.98 Å². The molecule has 1 aromatic heterocycles. The molecular weight excluding hydrogens is 280 g/mol. The third-order valence-corrected chi connectivity index (χ3v) is 4.90. The molecule has 3 aromatic rings. The number of nitrogens with zero attached hydrogens (tertiary/aromatic N) is 2. The van der Waals surface area contributed by atoms with Crippen molar-refractivity contribution in [3.8, 4) is 22.5 Å². The van der Waals surface area contributed by atoms with Crippen molar-refractivity contribution >= 4 is 0 Å². The van der Waals surface area contributed by atoms with E-state index in [0.717, 1.165) is 12.1 Å². The second-order valence-corrected chi connectivity index (χ2v) is 6.65. The van der Waals surface area contributed by atoms with Crippen LogP contribution in [0.5, 0.6) is 0 Å². The molecule has 0 radical (unpaired) electrons. The third kappa shape index (κ3) is 2.17. The van der Waals surface area contributed by atoms with E-state index in [0.29, 0.717) is 0 Å². The molecule has 0 aliphatic heterocycles. The van der Waals surface area contributed by atoms with Crippen molar-refractivity contribution in [2.45, 2.75) is 27.2 Å². The van der Waals surface area contributed by atoms with Gasteiger partial charge >= 0.3 is 0 Å². The Hall–Kier alpha value is -2.48. The van der Waals surface area contributed by atoms with Crippen molar-refractivity contribution < 1.29 is 4.57 Å². The molecule has 0 bridgehead atoms. The number of aryl methyl sites for hydroxylation is 3. The summed E-state index contributed by atoms with van der Waals surface area (Å²) >= 11 is 0. The van der Waals surface area contributed by atoms with Crippen molar-refractivity contribution in [2.75, 3.05) is 0 Å². The van der Waals surface area contributed by atoms with Crippen LogP contribution in [0.2, 0.25) is 0 Å². The summed E-state index contributed by atoms with van der Waals surface area (Å²) in [6, 6.07) is 13.3. The zero-order chi connectivity index (χ0) is 16.1. The summed E-state index contributed by atoms with van der Waals surface area (Å²) in [6.45, 7) is 6.45. The lowest BCUT2D eigenvalue weighted by atomic mass is 10.0. The third-order valence-electron chi connectivity index (χ3n) is 4.90. The first kappa shape index (κ1) is 14.1. The first-order valence-corrected chi connectivity index (χ1v) is 8.10. The fraction of sp³-hybridized carbons (Fsp3) is 0.238. The highest BCUT2D eigenvalue weighted by Gasteiger charge is 2.29. The summed E-state index contributed by atoms with van der Waals surface area (Å²) in [6.07, 6.45) is 2.99. The van der Waals surface area contributed by atoms with Gasteiger partial charge in [0.15, 0.2) is 0 Å². The quantitative estimate of drug-likeness (QED) is 0.484. The Morgan fingerprint density at radius 1 is 0.913 bits per heavy atom. The molecule has 0 N–H and O–H groups in total. The minimum Gasteiger partial charge on any atom is -0.243 e. The lowest BCUT2D eigenvalue weighted by molar-refractivity contribution is -0.667. The van der Waals surface area contributed by atoms with Gasteiger partial charge in [0.1, 0.15) is 18.9 Å². The van der Waals surface area contributed by atoms with Crippen LogP contribution >= 0.6 is 0 Å². The van der Waals surface area contributed by atoms with Gasteiger partial charge < -0.3 is 0 Å². The minimum absolute atomic E-state index is 0.965. The van der Waals surface area contributed by atoms with Crippen LogP contribution in [-0.4, -0.2) is 4.98 Å². The van der Waals surface area contributed by atoms with Crippen LogP contribution in [0.25, 0.3) is 22.5 Å². The molecule has 4 rings (SSSR count). The Bertz CT molecular complexity index is 939. The number of rotatable bonds is 1. The standard InChI is InChI=1S/C21H21N2/c1-13-5-7-15(3)17(9-13)20-12-22-21-18-10-14(2)6-8-16(18)11-19(21)23(20)4/h5-10,12H,11H2,1-4H3/q+1. The van der Waals surface area contributed by atoms with Crippen molar-refractivity contribution in [3.63, 3.8) is 0 Å². The fourth-order valence-electron chi connectivity index (χ4n) is 3.53. The second kappa shape index (κ2) is 5.02. The van der Waals surface area contributed by atoms with Gasteiger partial charge in [-0.1, -0.05) is 35.4 Å². The molecule has 23 heavy (non-hydrogen) atoms. The average molecular weight is 301 g/mol. The molecule has 1 aliphatic rings. The van der Waals surface area contributed by atoms with Crippen LogP contribution in [-0.2, 0) is 13.5 Å². The smallest absolute Gasteiger partial charge is 0.231 e. The highest BCUT2D eigenvalue weighted by molar-refractivity contribution is 5.73. The number of benzene rings is 2. The highest BCUT2D eigenvalue weighted by Crippen LogP contribution is 2.35. The van der Waals surface area contributed by atoms with Crippen molar-refractivity contribution in [1.29, 1.82) is 0 Å². The van der Waals surface area contributed by atoms with Crippen molar-refractivity contribution in [3.05, 3.63) is 70.5 Å². The van der Waals surface area contributed by atoms with E-state index in [1.54, 1.807) is 0 Å². The Labute approximate surface area is 137 Å². The maximum Gasteiger partial charge on any atom is 0.231 e. The molecule has 114 valence electrons. The molecule has 1 aliphatic carbocycles. The normalized spacial score (nSPS) is 12.2. The molecule has 2 heteroatoms. The molecule has 0 unspecified atom stereocenters. The molecular formula is C21H21N2+. The van der Waals surface area contributed by atoms with E-state index in [4.69, 9.17) is 4.98 Å². The zero-order valence-electron chi connectivity index (χ0n) is 14.1. The lowest BCUT2D eigenvalue weighted by Crippen LogP contribution is -2.36. The number of hydrogen-bond donors (Lipinski definition) is 0. The van der Waals surface area contributed by atoms with Crippen LogP contribution in [0.15, 0.2) is 42.6 Å². The van der Waals surface area contributed by atoms with Gasteiger partial charge in [0, 0.05) is 5.56 Å². The van der Waals surface area contributed by atoms with E-state index < -0.39 is 0 Å². The fourth-order valence-corrected chi connectivity index (χ4v) is 3.53.